The van der Waals surface area contributed by atoms with Crippen LogP contribution in [0.5, 0.6) is 0 Å². The second-order valence-corrected chi connectivity index (χ2v) is 4.49. The molecule has 4 heteroatoms. The van der Waals surface area contributed by atoms with E-state index in [1.807, 2.05) is 0 Å². The maximum Gasteiger partial charge on any atom is 0.147 e. The first kappa shape index (κ1) is 11.7. The number of halogens is 2. The molecule has 1 aliphatic rings. The fraction of sp³-hybridized carbons (Fsp3) is 0.500. The summed E-state index contributed by atoms with van der Waals surface area (Å²) in [5, 5.41) is 3.77. The fourth-order valence-electron chi connectivity index (χ4n) is 2.16. The lowest BCUT2D eigenvalue weighted by Crippen LogP contribution is -2.51. The van der Waals surface area contributed by atoms with Gasteiger partial charge in [-0.2, -0.15) is 0 Å². The fourth-order valence-corrected chi connectivity index (χ4v) is 2.32. The highest BCUT2D eigenvalue weighted by Crippen LogP contribution is 2.25. The van der Waals surface area contributed by atoms with Gasteiger partial charge in [0.25, 0.3) is 0 Å². The van der Waals surface area contributed by atoms with E-state index in [4.69, 9.17) is 11.6 Å². The Morgan fingerprint density at radius 1 is 1.56 bits per heavy atom. The smallest absolute Gasteiger partial charge is 0.147 e. The van der Waals surface area contributed by atoms with Crippen LogP contribution in [0.25, 0.3) is 0 Å². The van der Waals surface area contributed by atoms with E-state index in [0.29, 0.717) is 16.8 Å². The summed E-state index contributed by atoms with van der Waals surface area (Å²) in [5.74, 6) is -0.229. The van der Waals surface area contributed by atoms with Gasteiger partial charge in [-0.3, -0.25) is 0 Å². The summed E-state index contributed by atoms with van der Waals surface area (Å²) in [6.07, 6.45) is 1.01. The van der Waals surface area contributed by atoms with Gasteiger partial charge in [0, 0.05) is 30.7 Å². The standard InChI is InChI=1S/C12H16ClFN2/c1-2-10-8-15-5-6-16(10)12-4-3-9(13)7-11(12)14/h3-4,7,10,15H,2,5-6,8H2,1H3. The molecule has 16 heavy (non-hydrogen) atoms. The minimum atomic E-state index is -0.229. The summed E-state index contributed by atoms with van der Waals surface area (Å²) < 4.78 is 13.8. The molecule has 1 aromatic carbocycles. The average molecular weight is 243 g/mol. The van der Waals surface area contributed by atoms with E-state index in [9.17, 15) is 4.39 Å². The summed E-state index contributed by atoms with van der Waals surface area (Å²) in [7, 11) is 0. The van der Waals surface area contributed by atoms with E-state index < -0.39 is 0 Å². The molecule has 1 aliphatic heterocycles. The van der Waals surface area contributed by atoms with Crippen molar-refractivity contribution in [3.8, 4) is 0 Å². The highest BCUT2D eigenvalue weighted by molar-refractivity contribution is 6.30. The minimum Gasteiger partial charge on any atom is -0.364 e. The Labute approximate surface area is 100 Å². The highest BCUT2D eigenvalue weighted by atomic mass is 35.5. The van der Waals surface area contributed by atoms with Crippen molar-refractivity contribution in [2.24, 2.45) is 0 Å². The second-order valence-electron chi connectivity index (χ2n) is 4.06. The Hall–Kier alpha value is -0.800. The van der Waals surface area contributed by atoms with Crippen LogP contribution in [0.15, 0.2) is 18.2 Å². The number of hydrogen-bond acceptors (Lipinski definition) is 2. The number of benzene rings is 1. The summed E-state index contributed by atoms with van der Waals surface area (Å²) in [6.45, 7) is 4.78. The van der Waals surface area contributed by atoms with Crippen molar-refractivity contribution in [1.82, 2.24) is 5.32 Å². The normalized spacial score (nSPS) is 21.2. The van der Waals surface area contributed by atoms with Crippen molar-refractivity contribution < 1.29 is 4.39 Å². The molecule has 0 amide bonds. The Balaban J connectivity index is 2.27. The van der Waals surface area contributed by atoms with Crippen molar-refractivity contribution in [2.45, 2.75) is 19.4 Å². The average Bonchev–Trinajstić information content (AvgIpc) is 2.29. The third-order valence-electron chi connectivity index (χ3n) is 3.04. The Kier molecular flexibility index (Phi) is 3.66. The maximum absolute atomic E-state index is 13.8. The van der Waals surface area contributed by atoms with Crippen LogP contribution in [-0.4, -0.2) is 25.7 Å². The molecule has 88 valence electrons. The number of piperazine rings is 1. The largest absolute Gasteiger partial charge is 0.364 e. The molecule has 0 radical (unpaired) electrons. The van der Waals surface area contributed by atoms with E-state index in [1.54, 1.807) is 12.1 Å². The van der Waals surface area contributed by atoms with Gasteiger partial charge in [0.2, 0.25) is 0 Å². The zero-order valence-electron chi connectivity index (χ0n) is 9.34. The number of hydrogen-bond donors (Lipinski definition) is 1. The molecule has 1 heterocycles. The molecule has 2 rings (SSSR count). The van der Waals surface area contributed by atoms with Crippen LogP contribution in [0.1, 0.15) is 13.3 Å². The van der Waals surface area contributed by atoms with E-state index in [2.05, 4.69) is 17.1 Å². The Morgan fingerprint density at radius 2 is 2.38 bits per heavy atom. The Morgan fingerprint density at radius 3 is 3.06 bits per heavy atom. The molecule has 0 aliphatic carbocycles. The van der Waals surface area contributed by atoms with Crippen molar-refractivity contribution in [3.05, 3.63) is 29.0 Å². The van der Waals surface area contributed by atoms with Crippen molar-refractivity contribution >= 4 is 17.3 Å². The molecule has 0 saturated carbocycles. The summed E-state index contributed by atoms with van der Waals surface area (Å²) >= 11 is 5.76. The van der Waals surface area contributed by atoms with Gasteiger partial charge in [0.1, 0.15) is 5.82 Å². The lowest BCUT2D eigenvalue weighted by Gasteiger charge is -2.37. The van der Waals surface area contributed by atoms with E-state index in [0.717, 1.165) is 26.1 Å². The van der Waals surface area contributed by atoms with Gasteiger partial charge in [-0.1, -0.05) is 18.5 Å². The SMILES string of the molecule is CCC1CNCCN1c1ccc(Cl)cc1F. The molecule has 1 fully saturated rings. The van der Waals surface area contributed by atoms with Crippen LogP contribution in [0.3, 0.4) is 0 Å². The zero-order valence-corrected chi connectivity index (χ0v) is 10.1. The first-order valence-corrected chi connectivity index (χ1v) is 6.02. The molecule has 1 atom stereocenters. The first-order chi connectivity index (χ1) is 7.72. The molecular weight excluding hydrogens is 227 g/mol. The predicted molar refractivity (Wildman–Crippen MR) is 65.7 cm³/mol. The lowest BCUT2D eigenvalue weighted by molar-refractivity contribution is 0.459. The number of anilines is 1. The molecule has 0 spiro atoms. The lowest BCUT2D eigenvalue weighted by atomic mass is 10.1. The molecule has 0 bridgehead atoms. The van der Waals surface area contributed by atoms with Crippen molar-refractivity contribution in [1.29, 1.82) is 0 Å². The summed E-state index contributed by atoms with van der Waals surface area (Å²) in [6, 6.07) is 5.26. The quantitative estimate of drug-likeness (QED) is 0.858. The third-order valence-corrected chi connectivity index (χ3v) is 3.28. The van der Waals surface area contributed by atoms with Crippen LogP contribution in [0, 0.1) is 5.82 Å². The first-order valence-electron chi connectivity index (χ1n) is 5.64. The van der Waals surface area contributed by atoms with Gasteiger partial charge in [0.15, 0.2) is 0 Å². The molecule has 0 aromatic heterocycles. The van der Waals surface area contributed by atoms with Crippen LogP contribution in [0.2, 0.25) is 5.02 Å². The molecule has 1 aromatic rings. The maximum atomic E-state index is 13.8. The van der Waals surface area contributed by atoms with Crippen LogP contribution in [-0.2, 0) is 0 Å². The Bertz CT molecular complexity index is 370. The minimum absolute atomic E-state index is 0.229. The van der Waals surface area contributed by atoms with Crippen LogP contribution < -0.4 is 10.2 Å². The van der Waals surface area contributed by atoms with Gasteiger partial charge in [-0.05, 0) is 24.6 Å². The van der Waals surface area contributed by atoms with Gasteiger partial charge < -0.3 is 10.2 Å². The van der Waals surface area contributed by atoms with E-state index >= 15 is 0 Å². The summed E-state index contributed by atoms with van der Waals surface area (Å²) in [5.41, 5.74) is 0.665. The number of rotatable bonds is 2. The zero-order chi connectivity index (χ0) is 11.5. The molecule has 1 unspecified atom stereocenters. The van der Waals surface area contributed by atoms with Crippen LogP contribution in [0.4, 0.5) is 10.1 Å². The van der Waals surface area contributed by atoms with Crippen molar-refractivity contribution in [2.75, 3.05) is 24.5 Å². The number of nitrogens with zero attached hydrogens (tertiary/aromatic N) is 1. The monoisotopic (exact) mass is 242 g/mol. The third kappa shape index (κ3) is 2.30. The van der Waals surface area contributed by atoms with E-state index in [-0.39, 0.29) is 5.82 Å². The predicted octanol–water partition coefficient (Wildman–Crippen LogP) is 2.67. The summed E-state index contributed by atoms with van der Waals surface area (Å²) in [4.78, 5) is 2.13. The van der Waals surface area contributed by atoms with Gasteiger partial charge in [-0.25, -0.2) is 4.39 Å². The number of nitrogens with one attached hydrogen (secondary N) is 1. The second kappa shape index (κ2) is 5.02. The topological polar surface area (TPSA) is 15.3 Å². The molecule has 2 nitrogen and oxygen atoms in total. The van der Waals surface area contributed by atoms with Crippen LogP contribution >= 0.6 is 11.6 Å². The van der Waals surface area contributed by atoms with E-state index in [1.165, 1.54) is 6.07 Å². The van der Waals surface area contributed by atoms with Gasteiger partial charge in [0.05, 0.1) is 5.69 Å². The molecular formula is C12H16ClFN2. The van der Waals surface area contributed by atoms with Crippen molar-refractivity contribution in [3.63, 3.8) is 0 Å². The van der Waals surface area contributed by atoms with Gasteiger partial charge in [-0.15, -0.1) is 0 Å². The molecule has 1 N–H and O–H groups in total. The van der Waals surface area contributed by atoms with Gasteiger partial charge >= 0.3 is 0 Å². The highest BCUT2D eigenvalue weighted by Gasteiger charge is 2.22. The molecule has 1 saturated heterocycles.